The largest absolute Gasteiger partial charge is 0.371 e. The second kappa shape index (κ2) is 4.18. The first kappa shape index (κ1) is 11.9. The maximum atomic E-state index is 2.57. The van der Waals surface area contributed by atoms with Gasteiger partial charge in [-0.3, -0.25) is 0 Å². The lowest BCUT2D eigenvalue weighted by molar-refractivity contribution is 0.282. The van der Waals surface area contributed by atoms with Crippen molar-refractivity contribution in [2.45, 2.75) is 44.6 Å². The van der Waals surface area contributed by atoms with Crippen LogP contribution in [0.4, 0.5) is 11.4 Å². The number of rotatable bonds is 0. The van der Waals surface area contributed by atoms with Crippen molar-refractivity contribution in [3.63, 3.8) is 0 Å². The van der Waals surface area contributed by atoms with Crippen LogP contribution < -0.4 is 9.80 Å². The summed E-state index contributed by atoms with van der Waals surface area (Å²) in [5.74, 6) is 0. The van der Waals surface area contributed by atoms with Crippen LogP contribution in [0.1, 0.15) is 37.7 Å². The number of nitrogens with zero attached hydrogens (tertiary/aromatic N) is 2. The van der Waals surface area contributed by atoms with Gasteiger partial charge in [0.05, 0.1) is 16.9 Å². The summed E-state index contributed by atoms with van der Waals surface area (Å²) in [6, 6.07) is 6.86. The summed E-state index contributed by atoms with van der Waals surface area (Å²) in [7, 11) is 4.55. The number of benzene rings is 1. The molecule has 1 aromatic rings. The number of fused-ring (bicyclic) bond motifs is 1. The highest BCUT2D eigenvalue weighted by molar-refractivity contribution is 5.75. The van der Waals surface area contributed by atoms with Gasteiger partial charge in [0.15, 0.2) is 0 Å². The smallest absolute Gasteiger partial charge is 0.0606 e. The zero-order valence-electron chi connectivity index (χ0n) is 11.9. The van der Waals surface area contributed by atoms with Crippen LogP contribution in [0.3, 0.4) is 0 Å². The van der Waals surface area contributed by atoms with Crippen LogP contribution in [-0.4, -0.2) is 26.2 Å². The molecule has 0 N–H and O–H groups in total. The van der Waals surface area contributed by atoms with Gasteiger partial charge in [-0.1, -0.05) is 25.3 Å². The Hall–Kier alpha value is -1.18. The second-order valence-electron chi connectivity index (χ2n) is 6.19. The Balaban J connectivity index is 2.03. The van der Waals surface area contributed by atoms with Crippen LogP contribution in [0.2, 0.25) is 0 Å². The SMILES string of the molecule is Cc1ccc2c(c1)N(C)CC1(CCCCC1)N2C. The third kappa shape index (κ3) is 1.70. The highest BCUT2D eigenvalue weighted by Crippen LogP contribution is 2.44. The van der Waals surface area contributed by atoms with E-state index >= 15 is 0 Å². The molecule has 3 rings (SSSR count). The average Bonchev–Trinajstić information content (AvgIpc) is 2.37. The Morgan fingerprint density at radius 3 is 2.44 bits per heavy atom. The standard InChI is InChI=1S/C16H24N2/c1-13-7-8-14-15(11-13)17(2)12-16(18(14)3)9-5-4-6-10-16/h7-8,11H,4-6,9-10,12H2,1-3H3. The molecule has 1 aliphatic carbocycles. The predicted molar refractivity (Wildman–Crippen MR) is 78.7 cm³/mol. The number of aryl methyl sites for hydroxylation is 1. The van der Waals surface area contributed by atoms with Crippen molar-refractivity contribution < 1.29 is 0 Å². The van der Waals surface area contributed by atoms with Crippen LogP contribution in [0.25, 0.3) is 0 Å². The predicted octanol–water partition coefficient (Wildman–Crippen LogP) is 3.58. The lowest BCUT2D eigenvalue weighted by Crippen LogP contribution is -2.58. The molecule has 0 radical (unpaired) electrons. The van der Waals surface area contributed by atoms with Crippen molar-refractivity contribution in [1.82, 2.24) is 0 Å². The van der Waals surface area contributed by atoms with Crippen molar-refractivity contribution in [2.24, 2.45) is 0 Å². The lowest BCUT2D eigenvalue weighted by Gasteiger charge is -2.52. The van der Waals surface area contributed by atoms with E-state index in [-0.39, 0.29) is 0 Å². The summed E-state index contributed by atoms with van der Waals surface area (Å²) < 4.78 is 0. The third-order valence-electron chi connectivity index (χ3n) is 4.93. The van der Waals surface area contributed by atoms with E-state index in [1.807, 2.05) is 0 Å². The van der Waals surface area contributed by atoms with Gasteiger partial charge in [-0.2, -0.15) is 0 Å². The van der Waals surface area contributed by atoms with Gasteiger partial charge in [0.1, 0.15) is 0 Å². The van der Waals surface area contributed by atoms with E-state index in [0.717, 1.165) is 0 Å². The molecule has 2 nitrogen and oxygen atoms in total. The van der Waals surface area contributed by atoms with E-state index in [4.69, 9.17) is 0 Å². The molecule has 1 heterocycles. The van der Waals surface area contributed by atoms with Gasteiger partial charge < -0.3 is 9.80 Å². The summed E-state index contributed by atoms with van der Waals surface area (Å²) in [6.45, 7) is 3.36. The Kier molecular flexibility index (Phi) is 2.76. The van der Waals surface area contributed by atoms with Crippen LogP contribution in [0, 0.1) is 6.92 Å². The summed E-state index contributed by atoms with van der Waals surface area (Å²) in [4.78, 5) is 5.04. The fraction of sp³-hybridized carbons (Fsp3) is 0.625. The molecule has 1 aliphatic heterocycles. The average molecular weight is 244 g/mol. The van der Waals surface area contributed by atoms with E-state index in [2.05, 4.69) is 49.0 Å². The Morgan fingerprint density at radius 1 is 1.00 bits per heavy atom. The number of hydrogen-bond donors (Lipinski definition) is 0. The topological polar surface area (TPSA) is 6.48 Å². The molecule has 0 atom stereocenters. The van der Waals surface area contributed by atoms with E-state index in [0.29, 0.717) is 5.54 Å². The fourth-order valence-corrected chi connectivity index (χ4v) is 3.81. The van der Waals surface area contributed by atoms with Gasteiger partial charge in [0, 0.05) is 20.6 Å². The molecule has 1 fully saturated rings. The molecule has 1 aromatic carbocycles. The molecule has 2 aliphatic rings. The second-order valence-corrected chi connectivity index (χ2v) is 6.19. The van der Waals surface area contributed by atoms with Crippen LogP contribution in [0.5, 0.6) is 0 Å². The van der Waals surface area contributed by atoms with Gasteiger partial charge in [0.25, 0.3) is 0 Å². The van der Waals surface area contributed by atoms with Gasteiger partial charge in [-0.05, 0) is 37.5 Å². The van der Waals surface area contributed by atoms with Crippen LogP contribution in [0.15, 0.2) is 18.2 Å². The van der Waals surface area contributed by atoms with Crippen LogP contribution >= 0.6 is 0 Å². The number of hydrogen-bond acceptors (Lipinski definition) is 2. The lowest BCUT2D eigenvalue weighted by atomic mass is 9.78. The molecule has 18 heavy (non-hydrogen) atoms. The van der Waals surface area contributed by atoms with Gasteiger partial charge in [-0.25, -0.2) is 0 Å². The third-order valence-corrected chi connectivity index (χ3v) is 4.93. The molecule has 0 saturated heterocycles. The molecule has 0 bridgehead atoms. The van der Waals surface area contributed by atoms with E-state index in [1.165, 1.54) is 55.6 Å². The van der Waals surface area contributed by atoms with Crippen molar-refractivity contribution in [3.05, 3.63) is 23.8 Å². The van der Waals surface area contributed by atoms with Gasteiger partial charge in [0.2, 0.25) is 0 Å². The monoisotopic (exact) mass is 244 g/mol. The summed E-state index contributed by atoms with van der Waals surface area (Å²) in [5.41, 5.74) is 4.55. The minimum Gasteiger partial charge on any atom is -0.371 e. The number of anilines is 2. The minimum absolute atomic E-state index is 0.384. The molecule has 2 heteroatoms. The Bertz CT molecular complexity index is 446. The van der Waals surface area contributed by atoms with E-state index in [1.54, 1.807) is 0 Å². The molecular weight excluding hydrogens is 220 g/mol. The van der Waals surface area contributed by atoms with Crippen molar-refractivity contribution in [2.75, 3.05) is 30.4 Å². The molecule has 0 aromatic heterocycles. The molecule has 0 unspecified atom stereocenters. The number of likely N-dealkylation sites (N-methyl/N-ethyl adjacent to an activating group) is 2. The first-order chi connectivity index (χ1) is 8.62. The maximum absolute atomic E-state index is 2.57. The molecule has 1 spiro atoms. The van der Waals surface area contributed by atoms with E-state index < -0.39 is 0 Å². The minimum atomic E-state index is 0.384. The zero-order valence-corrected chi connectivity index (χ0v) is 11.9. The molecular formula is C16H24N2. The molecule has 1 saturated carbocycles. The highest BCUT2D eigenvalue weighted by atomic mass is 15.3. The zero-order chi connectivity index (χ0) is 12.8. The van der Waals surface area contributed by atoms with E-state index in [9.17, 15) is 0 Å². The quantitative estimate of drug-likeness (QED) is 0.688. The summed E-state index contributed by atoms with van der Waals surface area (Å²) in [5, 5.41) is 0. The van der Waals surface area contributed by atoms with Crippen LogP contribution in [-0.2, 0) is 0 Å². The molecule has 98 valence electrons. The Morgan fingerprint density at radius 2 is 1.72 bits per heavy atom. The van der Waals surface area contributed by atoms with Gasteiger partial charge >= 0.3 is 0 Å². The summed E-state index contributed by atoms with van der Waals surface area (Å²) >= 11 is 0. The van der Waals surface area contributed by atoms with Crippen molar-refractivity contribution >= 4 is 11.4 Å². The van der Waals surface area contributed by atoms with Crippen molar-refractivity contribution in [1.29, 1.82) is 0 Å². The highest BCUT2D eigenvalue weighted by Gasteiger charge is 2.41. The van der Waals surface area contributed by atoms with Gasteiger partial charge in [-0.15, -0.1) is 0 Å². The first-order valence-electron chi connectivity index (χ1n) is 7.18. The normalized spacial score (nSPS) is 22.2. The maximum Gasteiger partial charge on any atom is 0.0606 e. The first-order valence-corrected chi connectivity index (χ1v) is 7.18. The molecule has 0 amide bonds. The summed E-state index contributed by atoms with van der Waals surface area (Å²) in [6.07, 6.45) is 6.89. The fourth-order valence-electron chi connectivity index (χ4n) is 3.81. The Labute approximate surface area is 111 Å². The van der Waals surface area contributed by atoms with Crippen molar-refractivity contribution in [3.8, 4) is 0 Å².